The predicted octanol–water partition coefficient (Wildman–Crippen LogP) is 3.02. The highest BCUT2D eigenvalue weighted by Crippen LogP contribution is 2.25. The van der Waals surface area contributed by atoms with Gasteiger partial charge in [-0.1, -0.05) is 12.1 Å². The van der Waals surface area contributed by atoms with E-state index in [9.17, 15) is 0 Å². The van der Waals surface area contributed by atoms with Crippen molar-refractivity contribution < 1.29 is 4.42 Å². The molecule has 1 aliphatic rings. The fraction of sp³-hybridized carbons (Fsp3) is 0.474. The fourth-order valence-corrected chi connectivity index (χ4v) is 3.59. The second-order valence-corrected chi connectivity index (χ2v) is 6.79. The highest BCUT2D eigenvalue weighted by molar-refractivity contribution is 5.74. The Morgan fingerprint density at radius 1 is 1.20 bits per heavy atom. The number of rotatable bonds is 6. The fourth-order valence-electron chi connectivity index (χ4n) is 3.59. The third kappa shape index (κ3) is 3.69. The lowest BCUT2D eigenvalue weighted by molar-refractivity contribution is 0.200. The molecule has 0 N–H and O–H groups in total. The Morgan fingerprint density at radius 2 is 2.04 bits per heavy atom. The number of benzene rings is 1. The molecule has 0 spiro atoms. The smallest absolute Gasteiger partial charge is 0.298 e. The molecule has 132 valence electrons. The lowest BCUT2D eigenvalue weighted by Gasteiger charge is -2.36. The van der Waals surface area contributed by atoms with Crippen molar-refractivity contribution in [1.29, 1.82) is 0 Å². The van der Waals surface area contributed by atoms with Crippen molar-refractivity contribution in [3.8, 4) is 0 Å². The normalized spacial score (nSPS) is 16.2. The summed E-state index contributed by atoms with van der Waals surface area (Å²) in [5.41, 5.74) is 1.81. The SMILES string of the molecule is CN(CCCn1cccn1)C1CCN(c2nc3ccccc3o2)CC1. The van der Waals surface area contributed by atoms with Crippen LogP contribution in [0.25, 0.3) is 11.1 Å². The van der Waals surface area contributed by atoms with Gasteiger partial charge in [0.25, 0.3) is 6.01 Å². The summed E-state index contributed by atoms with van der Waals surface area (Å²) in [5.74, 6) is 0. The van der Waals surface area contributed by atoms with Crippen molar-refractivity contribution in [3.63, 3.8) is 0 Å². The summed E-state index contributed by atoms with van der Waals surface area (Å²) < 4.78 is 7.90. The molecule has 0 bridgehead atoms. The third-order valence-electron chi connectivity index (χ3n) is 5.10. The number of anilines is 1. The zero-order valence-corrected chi connectivity index (χ0v) is 14.7. The van der Waals surface area contributed by atoms with E-state index in [1.807, 2.05) is 47.4 Å². The van der Waals surface area contributed by atoms with Crippen molar-refractivity contribution in [1.82, 2.24) is 19.7 Å². The van der Waals surface area contributed by atoms with E-state index < -0.39 is 0 Å². The predicted molar refractivity (Wildman–Crippen MR) is 98.7 cm³/mol. The average molecular weight is 339 g/mol. The second kappa shape index (κ2) is 7.27. The van der Waals surface area contributed by atoms with Crippen LogP contribution in [-0.2, 0) is 6.54 Å². The Bertz CT molecular complexity index is 756. The van der Waals surface area contributed by atoms with Gasteiger partial charge in [-0.3, -0.25) is 4.68 Å². The number of aromatic nitrogens is 3. The molecule has 3 aromatic rings. The Kier molecular flexibility index (Phi) is 4.70. The van der Waals surface area contributed by atoms with Gasteiger partial charge in [-0.25, -0.2) is 0 Å². The molecule has 0 radical (unpaired) electrons. The van der Waals surface area contributed by atoms with E-state index in [2.05, 4.69) is 26.9 Å². The summed E-state index contributed by atoms with van der Waals surface area (Å²) in [4.78, 5) is 9.39. The minimum absolute atomic E-state index is 0.637. The van der Waals surface area contributed by atoms with E-state index in [0.29, 0.717) is 6.04 Å². The highest BCUT2D eigenvalue weighted by Gasteiger charge is 2.24. The van der Waals surface area contributed by atoms with Crippen LogP contribution in [0.2, 0.25) is 0 Å². The molecule has 4 rings (SSSR count). The maximum absolute atomic E-state index is 5.90. The number of hydrogen-bond acceptors (Lipinski definition) is 5. The van der Waals surface area contributed by atoms with E-state index in [1.165, 1.54) is 0 Å². The molecule has 0 aliphatic carbocycles. The molecule has 0 amide bonds. The van der Waals surface area contributed by atoms with Gasteiger partial charge in [0, 0.05) is 38.1 Å². The van der Waals surface area contributed by atoms with E-state index in [1.54, 1.807) is 0 Å². The summed E-state index contributed by atoms with van der Waals surface area (Å²) in [6, 6.07) is 11.3. The zero-order valence-electron chi connectivity index (χ0n) is 14.7. The zero-order chi connectivity index (χ0) is 17.1. The minimum Gasteiger partial charge on any atom is -0.423 e. The van der Waals surface area contributed by atoms with Crippen molar-refractivity contribution in [2.45, 2.75) is 31.8 Å². The topological polar surface area (TPSA) is 50.3 Å². The van der Waals surface area contributed by atoms with E-state index >= 15 is 0 Å². The molecule has 1 aliphatic heterocycles. The Labute approximate surface area is 148 Å². The monoisotopic (exact) mass is 339 g/mol. The quantitative estimate of drug-likeness (QED) is 0.691. The van der Waals surface area contributed by atoms with Gasteiger partial charge in [0.2, 0.25) is 0 Å². The van der Waals surface area contributed by atoms with Gasteiger partial charge in [-0.2, -0.15) is 10.1 Å². The molecule has 25 heavy (non-hydrogen) atoms. The molecule has 3 heterocycles. The van der Waals surface area contributed by atoms with Crippen molar-refractivity contribution >= 4 is 17.1 Å². The number of oxazole rings is 1. The van der Waals surface area contributed by atoms with Crippen LogP contribution >= 0.6 is 0 Å². The summed E-state index contributed by atoms with van der Waals surface area (Å²) in [6.45, 7) is 4.09. The summed E-state index contributed by atoms with van der Waals surface area (Å²) in [7, 11) is 2.24. The van der Waals surface area contributed by atoms with Crippen molar-refractivity contribution in [2.24, 2.45) is 0 Å². The number of aryl methyl sites for hydroxylation is 1. The van der Waals surface area contributed by atoms with Crippen LogP contribution in [0.3, 0.4) is 0 Å². The number of hydrogen-bond donors (Lipinski definition) is 0. The van der Waals surface area contributed by atoms with Gasteiger partial charge >= 0.3 is 0 Å². The molecule has 2 aromatic heterocycles. The van der Waals surface area contributed by atoms with E-state index in [-0.39, 0.29) is 0 Å². The molecule has 1 saturated heterocycles. The Balaban J connectivity index is 1.27. The molecular formula is C19H25N5O. The van der Waals surface area contributed by atoms with Crippen LogP contribution in [0.15, 0.2) is 47.1 Å². The van der Waals surface area contributed by atoms with Gasteiger partial charge < -0.3 is 14.2 Å². The third-order valence-corrected chi connectivity index (χ3v) is 5.10. The summed E-state index contributed by atoms with van der Waals surface area (Å²) in [5, 5.41) is 4.26. The van der Waals surface area contributed by atoms with Gasteiger partial charge in [-0.05, 0) is 51.1 Å². The van der Waals surface area contributed by atoms with Crippen LogP contribution < -0.4 is 4.90 Å². The minimum atomic E-state index is 0.637. The maximum atomic E-state index is 5.90. The number of fused-ring (bicyclic) bond motifs is 1. The molecule has 0 atom stereocenters. The summed E-state index contributed by atoms with van der Waals surface area (Å²) in [6.07, 6.45) is 7.29. The van der Waals surface area contributed by atoms with Crippen LogP contribution in [0.1, 0.15) is 19.3 Å². The molecular weight excluding hydrogens is 314 g/mol. The first-order valence-electron chi connectivity index (χ1n) is 9.08. The lowest BCUT2D eigenvalue weighted by atomic mass is 10.0. The molecule has 6 heteroatoms. The van der Waals surface area contributed by atoms with E-state index in [0.717, 1.165) is 62.6 Å². The highest BCUT2D eigenvalue weighted by atomic mass is 16.4. The van der Waals surface area contributed by atoms with Crippen LogP contribution in [0, 0.1) is 0 Å². The molecule has 0 unspecified atom stereocenters. The molecule has 0 saturated carbocycles. The van der Waals surface area contributed by atoms with Gasteiger partial charge in [-0.15, -0.1) is 0 Å². The van der Waals surface area contributed by atoms with Crippen molar-refractivity contribution in [2.75, 3.05) is 31.6 Å². The van der Waals surface area contributed by atoms with Crippen LogP contribution in [0.4, 0.5) is 6.01 Å². The lowest BCUT2D eigenvalue weighted by Crippen LogP contribution is -2.44. The number of nitrogens with zero attached hydrogens (tertiary/aromatic N) is 5. The number of piperidine rings is 1. The first-order chi connectivity index (χ1) is 12.3. The Hall–Kier alpha value is -2.34. The maximum Gasteiger partial charge on any atom is 0.298 e. The number of para-hydroxylation sites is 2. The standard InChI is InChI=1S/C19H25N5O/c1-22(11-5-13-24-12-4-10-20-24)16-8-14-23(15-9-16)19-21-17-6-2-3-7-18(17)25-19/h2-4,6-7,10,12,16H,5,8-9,11,13-15H2,1H3. The summed E-state index contributed by atoms with van der Waals surface area (Å²) >= 11 is 0. The first kappa shape index (κ1) is 16.1. The second-order valence-electron chi connectivity index (χ2n) is 6.79. The first-order valence-corrected chi connectivity index (χ1v) is 9.08. The largest absolute Gasteiger partial charge is 0.423 e. The Morgan fingerprint density at radius 3 is 2.80 bits per heavy atom. The average Bonchev–Trinajstić information content (AvgIpc) is 3.31. The van der Waals surface area contributed by atoms with Crippen LogP contribution in [-0.4, -0.2) is 52.4 Å². The molecule has 1 fully saturated rings. The van der Waals surface area contributed by atoms with Crippen molar-refractivity contribution in [3.05, 3.63) is 42.7 Å². The van der Waals surface area contributed by atoms with Crippen LogP contribution in [0.5, 0.6) is 0 Å². The van der Waals surface area contributed by atoms with Gasteiger partial charge in [0.05, 0.1) is 0 Å². The van der Waals surface area contributed by atoms with Gasteiger partial charge in [0.1, 0.15) is 5.52 Å². The molecule has 1 aromatic carbocycles. The molecule has 6 nitrogen and oxygen atoms in total. The van der Waals surface area contributed by atoms with E-state index in [4.69, 9.17) is 4.42 Å². The van der Waals surface area contributed by atoms with Gasteiger partial charge in [0.15, 0.2) is 5.58 Å².